The van der Waals surface area contributed by atoms with Crippen molar-refractivity contribution in [3.05, 3.63) is 5.57 Å². The predicted octanol–water partition coefficient (Wildman–Crippen LogP) is 3.31. The van der Waals surface area contributed by atoms with E-state index in [1.54, 1.807) is 0 Å². The third kappa shape index (κ3) is 1.76. The molecule has 0 amide bonds. The summed E-state index contributed by atoms with van der Waals surface area (Å²) in [6.45, 7) is 9.04. The Kier molecular flexibility index (Phi) is 2.72. The fourth-order valence-electron chi connectivity index (χ4n) is 1.90. The lowest BCUT2D eigenvalue weighted by Gasteiger charge is -2.41. The van der Waals surface area contributed by atoms with Gasteiger partial charge in [-0.25, -0.2) is 0 Å². The smallest absolute Gasteiger partial charge is 0.00360 e. The van der Waals surface area contributed by atoms with Gasteiger partial charge in [-0.3, -0.25) is 0 Å². The maximum absolute atomic E-state index is 4.97. The van der Waals surface area contributed by atoms with Crippen LogP contribution in [-0.4, -0.2) is 16.5 Å². The molecular weight excluding hydrogens is 184 g/mol. The van der Waals surface area contributed by atoms with Gasteiger partial charge in [-0.2, -0.15) is 11.8 Å². The number of hydrogen-bond acceptors (Lipinski definition) is 2. The summed E-state index contributed by atoms with van der Waals surface area (Å²) >= 11 is 6.99. The second kappa shape index (κ2) is 3.17. The molecule has 1 heterocycles. The van der Waals surface area contributed by atoms with Gasteiger partial charge in [-0.05, 0) is 22.8 Å². The van der Waals surface area contributed by atoms with Crippen LogP contribution >= 0.6 is 24.0 Å². The molecule has 0 aromatic rings. The highest BCUT2D eigenvalue weighted by Gasteiger charge is 2.39. The van der Waals surface area contributed by atoms with Crippen LogP contribution in [0.25, 0.3) is 0 Å². The summed E-state index contributed by atoms with van der Waals surface area (Å²) in [5.74, 6) is 2.35. The van der Waals surface area contributed by atoms with Crippen molar-refractivity contribution >= 4 is 29.0 Å². The number of rotatable bonds is 0. The van der Waals surface area contributed by atoms with E-state index in [1.807, 2.05) is 11.8 Å². The number of thiocarbonyl (C=S) groups is 1. The van der Waals surface area contributed by atoms with Gasteiger partial charge in [-0.1, -0.05) is 27.7 Å². The predicted molar refractivity (Wildman–Crippen MR) is 61.0 cm³/mol. The molecule has 1 aliphatic heterocycles. The van der Waals surface area contributed by atoms with E-state index in [2.05, 4.69) is 32.7 Å². The van der Waals surface area contributed by atoms with E-state index in [1.165, 1.54) is 17.1 Å². The zero-order valence-corrected chi connectivity index (χ0v) is 9.86. The van der Waals surface area contributed by atoms with Crippen molar-refractivity contribution in [2.45, 2.75) is 27.7 Å². The average molecular weight is 200 g/mol. The van der Waals surface area contributed by atoms with Gasteiger partial charge in [0.25, 0.3) is 0 Å². The third-order valence-corrected chi connectivity index (χ3v) is 4.44. The minimum absolute atomic E-state index is 0.244. The van der Waals surface area contributed by atoms with E-state index in [9.17, 15) is 0 Å². The van der Waals surface area contributed by atoms with Crippen LogP contribution in [0.15, 0.2) is 5.57 Å². The summed E-state index contributed by atoms with van der Waals surface area (Å²) in [6, 6.07) is 0. The molecule has 1 rings (SSSR count). The van der Waals surface area contributed by atoms with E-state index >= 15 is 0 Å². The van der Waals surface area contributed by atoms with E-state index in [0.29, 0.717) is 0 Å². The molecule has 68 valence electrons. The molecule has 0 saturated carbocycles. The van der Waals surface area contributed by atoms with Crippen LogP contribution in [0.5, 0.6) is 0 Å². The van der Waals surface area contributed by atoms with Crippen LogP contribution in [0, 0.1) is 10.8 Å². The quantitative estimate of drug-likeness (QED) is 0.550. The maximum atomic E-state index is 4.97. The Bertz CT molecular complexity index is 214. The number of hydrogen-bond donors (Lipinski definition) is 0. The lowest BCUT2D eigenvalue weighted by molar-refractivity contribution is 0.367. The molecule has 0 bridgehead atoms. The van der Waals surface area contributed by atoms with Gasteiger partial charge < -0.3 is 0 Å². The minimum Gasteiger partial charge on any atom is -0.160 e. The fourth-order valence-corrected chi connectivity index (χ4v) is 3.86. The Hall–Kier alpha value is 0.220. The summed E-state index contributed by atoms with van der Waals surface area (Å²) < 4.78 is 0. The molecule has 0 N–H and O–H groups in total. The molecule has 0 aromatic carbocycles. The monoisotopic (exact) mass is 200 g/mol. The van der Waals surface area contributed by atoms with Gasteiger partial charge in [0.2, 0.25) is 0 Å². The Labute approximate surface area is 84.8 Å². The molecule has 0 aromatic heterocycles. The molecule has 2 heteroatoms. The topological polar surface area (TPSA) is 0 Å². The average Bonchev–Trinajstić information content (AvgIpc) is 1.83. The highest BCUT2D eigenvalue weighted by Crippen LogP contribution is 2.46. The normalized spacial score (nSPS) is 26.5. The first-order chi connectivity index (χ1) is 5.40. The van der Waals surface area contributed by atoms with Crippen molar-refractivity contribution in [3.8, 4) is 0 Å². The maximum Gasteiger partial charge on any atom is 0.00360 e. The molecule has 0 unspecified atom stereocenters. The van der Waals surface area contributed by atoms with E-state index in [4.69, 9.17) is 12.2 Å². The molecule has 0 nitrogen and oxygen atoms in total. The molecule has 1 fully saturated rings. The van der Waals surface area contributed by atoms with E-state index in [-0.39, 0.29) is 10.8 Å². The van der Waals surface area contributed by atoms with E-state index in [0.717, 1.165) is 0 Å². The second-order valence-corrected chi connectivity index (χ2v) is 5.93. The summed E-state index contributed by atoms with van der Waals surface area (Å²) in [7, 11) is 0. The highest BCUT2D eigenvalue weighted by atomic mass is 32.2. The van der Waals surface area contributed by atoms with Gasteiger partial charge in [0.05, 0.1) is 0 Å². The zero-order valence-electron chi connectivity index (χ0n) is 8.23. The summed E-state index contributed by atoms with van der Waals surface area (Å²) in [6.07, 6.45) is 0. The molecule has 0 aliphatic carbocycles. The van der Waals surface area contributed by atoms with Crippen molar-refractivity contribution in [1.82, 2.24) is 0 Å². The lowest BCUT2D eigenvalue weighted by atomic mass is 9.72. The van der Waals surface area contributed by atoms with Crippen molar-refractivity contribution in [2.75, 3.05) is 11.5 Å². The molecule has 0 spiro atoms. The Morgan fingerprint density at radius 3 is 1.83 bits per heavy atom. The van der Waals surface area contributed by atoms with Crippen molar-refractivity contribution in [3.63, 3.8) is 0 Å². The fraction of sp³-hybridized carbons (Fsp3) is 0.800. The summed E-state index contributed by atoms with van der Waals surface area (Å²) in [4.78, 5) is 0. The van der Waals surface area contributed by atoms with Gasteiger partial charge in [-0.15, -0.1) is 0 Å². The van der Waals surface area contributed by atoms with Crippen LogP contribution < -0.4 is 0 Å². The molecule has 0 atom stereocenters. The van der Waals surface area contributed by atoms with Gasteiger partial charge in [0.1, 0.15) is 0 Å². The van der Waals surface area contributed by atoms with E-state index < -0.39 is 0 Å². The van der Waals surface area contributed by atoms with Crippen LogP contribution in [0.3, 0.4) is 0 Å². The first kappa shape index (κ1) is 10.3. The molecule has 12 heavy (non-hydrogen) atoms. The van der Waals surface area contributed by atoms with Crippen LogP contribution in [0.2, 0.25) is 0 Å². The first-order valence-electron chi connectivity index (χ1n) is 4.24. The molecule has 0 radical (unpaired) electrons. The van der Waals surface area contributed by atoms with Crippen molar-refractivity contribution < 1.29 is 0 Å². The number of thioether (sulfide) groups is 1. The Morgan fingerprint density at radius 1 is 1.17 bits per heavy atom. The first-order valence-corrected chi connectivity index (χ1v) is 5.80. The zero-order chi connectivity index (χ0) is 9.41. The lowest BCUT2D eigenvalue weighted by Crippen LogP contribution is -2.36. The standard InChI is InChI=1S/C10H16S2/c1-9(2)6-12-7-10(3,4)8(9)5-11/h6-7H2,1-4H3. The summed E-state index contributed by atoms with van der Waals surface area (Å²) in [5.41, 5.74) is 1.81. The van der Waals surface area contributed by atoms with Crippen LogP contribution in [0.4, 0.5) is 0 Å². The van der Waals surface area contributed by atoms with Crippen LogP contribution in [-0.2, 0) is 0 Å². The Morgan fingerprint density at radius 2 is 1.58 bits per heavy atom. The van der Waals surface area contributed by atoms with Crippen LogP contribution in [0.1, 0.15) is 27.7 Å². The molecule has 1 aliphatic rings. The Balaban J connectivity index is 3.06. The van der Waals surface area contributed by atoms with Gasteiger partial charge >= 0.3 is 0 Å². The highest BCUT2D eigenvalue weighted by molar-refractivity contribution is 7.99. The van der Waals surface area contributed by atoms with Crippen molar-refractivity contribution in [1.29, 1.82) is 0 Å². The van der Waals surface area contributed by atoms with Gasteiger partial charge in [0.15, 0.2) is 0 Å². The minimum atomic E-state index is 0.244. The second-order valence-electron chi connectivity index (χ2n) is 4.74. The third-order valence-electron chi connectivity index (χ3n) is 2.38. The molecule has 1 saturated heterocycles. The number of allylic oxidation sites excluding steroid dienone is 1. The molecular formula is C10H16S2. The largest absolute Gasteiger partial charge is 0.160 e. The van der Waals surface area contributed by atoms with Gasteiger partial charge in [0, 0.05) is 22.3 Å². The SMILES string of the molecule is CC1(C)CSCC(C)(C)C1=C=S. The summed E-state index contributed by atoms with van der Waals surface area (Å²) in [5, 5.41) is 2.97. The van der Waals surface area contributed by atoms with Crippen molar-refractivity contribution in [2.24, 2.45) is 10.8 Å².